The third-order valence-corrected chi connectivity index (χ3v) is 2.40. The lowest BCUT2D eigenvalue weighted by Gasteiger charge is -2.04. The average Bonchev–Trinajstić information content (AvgIpc) is 2.72. The summed E-state index contributed by atoms with van der Waals surface area (Å²) in [6, 6.07) is 3.49. The molecule has 0 saturated heterocycles. The van der Waals surface area contributed by atoms with Gasteiger partial charge in [-0.1, -0.05) is 6.07 Å². The highest BCUT2D eigenvalue weighted by Crippen LogP contribution is 2.20. The maximum atomic E-state index is 10.6. The molecule has 0 atom stereocenters. The largest absolute Gasteiger partial charge is 0.481 e. The van der Waals surface area contributed by atoms with E-state index in [-0.39, 0.29) is 11.5 Å². The minimum Gasteiger partial charge on any atom is -0.481 e. The molecule has 0 aliphatic rings. The van der Waals surface area contributed by atoms with Gasteiger partial charge in [0.25, 0.3) is 0 Å². The smallest absolute Gasteiger partial charge is 0.330 e. The molecule has 2 heterocycles. The zero-order valence-corrected chi connectivity index (χ0v) is 9.61. The molecule has 8 nitrogen and oxygen atoms in total. The van der Waals surface area contributed by atoms with E-state index in [2.05, 4.69) is 10.1 Å². The van der Waals surface area contributed by atoms with Crippen LogP contribution in [0.2, 0.25) is 0 Å². The number of ether oxygens (including phenoxy) is 1. The number of nitrogens with two attached hydrogens (primary N) is 1. The first kappa shape index (κ1) is 11.8. The number of rotatable bonds is 4. The van der Waals surface area contributed by atoms with Gasteiger partial charge in [-0.15, -0.1) is 0 Å². The van der Waals surface area contributed by atoms with Crippen LogP contribution in [0.1, 0.15) is 5.56 Å². The topological polar surface area (TPSA) is 109 Å². The summed E-state index contributed by atoms with van der Waals surface area (Å²) in [7, 11) is 1.52. The van der Waals surface area contributed by atoms with E-state index >= 15 is 0 Å². The van der Waals surface area contributed by atoms with Crippen LogP contribution in [0, 0.1) is 10.1 Å². The maximum absolute atomic E-state index is 10.6. The first-order valence-electron chi connectivity index (χ1n) is 5.06. The highest BCUT2D eigenvalue weighted by Gasteiger charge is 2.17. The summed E-state index contributed by atoms with van der Waals surface area (Å²) < 4.78 is 6.28. The predicted octanol–water partition coefficient (Wildman–Crippen LogP) is 0.825. The zero-order chi connectivity index (χ0) is 13.1. The van der Waals surface area contributed by atoms with Gasteiger partial charge in [0.15, 0.2) is 0 Å². The van der Waals surface area contributed by atoms with E-state index in [0.29, 0.717) is 12.4 Å². The zero-order valence-electron chi connectivity index (χ0n) is 9.61. The van der Waals surface area contributed by atoms with Crippen LogP contribution < -0.4 is 10.5 Å². The Morgan fingerprint density at radius 1 is 1.50 bits per heavy atom. The Morgan fingerprint density at radius 3 is 2.78 bits per heavy atom. The number of nitro groups is 1. The molecular formula is C10H11N5O3. The van der Waals surface area contributed by atoms with Crippen molar-refractivity contribution in [1.29, 1.82) is 0 Å². The number of nitrogen functional groups attached to an aromatic ring is 1. The standard InChI is InChI=1S/C10H11N5O3/c1-18-9-3-2-7(4-12-9)6-14-10(11)8(5-13-14)15(16)17/h2-5H,6,11H2,1H3. The molecule has 0 aliphatic heterocycles. The van der Waals surface area contributed by atoms with Crippen molar-refractivity contribution >= 4 is 11.5 Å². The molecule has 2 N–H and O–H groups in total. The average molecular weight is 249 g/mol. The Kier molecular flexibility index (Phi) is 3.09. The van der Waals surface area contributed by atoms with Crippen molar-refractivity contribution in [2.45, 2.75) is 6.54 Å². The van der Waals surface area contributed by atoms with Gasteiger partial charge in [0, 0.05) is 12.3 Å². The number of hydrogen-bond donors (Lipinski definition) is 1. The molecule has 0 saturated carbocycles. The monoisotopic (exact) mass is 249 g/mol. The van der Waals surface area contributed by atoms with Gasteiger partial charge in [-0.05, 0) is 5.56 Å². The van der Waals surface area contributed by atoms with Crippen molar-refractivity contribution in [3.63, 3.8) is 0 Å². The summed E-state index contributed by atoms with van der Waals surface area (Å²) in [4.78, 5) is 14.1. The molecule has 0 bridgehead atoms. The Bertz CT molecular complexity index is 563. The van der Waals surface area contributed by atoms with E-state index in [4.69, 9.17) is 10.5 Å². The van der Waals surface area contributed by atoms with Gasteiger partial charge in [0.05, 0.1) is 18.6 Å². The van der Waals surface area contributed by atoms with Crippen molar-refractivity contribution in [1.82, 2.24) is 14.8 Å². The fourth-order valence-electron chi connectivity index (χ4n) is 1.45. The van der Waals surface area contributed by atoms with Crippen molar-refractivity contribution < 1.29 is 9.66 Å². The number of aromatic nitrogens is 3. The summed E-state index contributed by atoms with van der Waals surface area (Å²) in [5, 5.41) is 14.5. The van der Waals surface area contributed by atoms with E-state index in [1.165, 1.54) is 11.8 Å². The minimum atomic E-state index is -0.564. The molecule has 18 heavy (non-hydrogen) atoms. The van der Waals surface area contributed by atoms with Crippen LogP contribution in [0.25, 0.3) is 0 Å². The molecule has 0 spiro atoms. The highest BCUT2D eigenvalue weighted by molar-refractivity contribution is 5.51. The van der Waals surface area contributed by atoms with Crippen molar-refractivity contribution in [2.24, 2.45) is 0 Å². The molecule has 2 rings (SSSR count). The number of hydrogen-bond acceptors (Lipinski definition) is 6. The lowest BCUT2D eigenvalue weighted by atomic mass is 10.3. The lowest BCUT2D eigenvalue weighted by molar-refractivity contribution is -0.384. The molecule has 94 valence electrons. The molecule has 0 fully saturated rings. The van der Waals surface area contributed by atoms with Crippen LogP contribution in [0.15, 0.2) is 24.5 Å². The normalized spacial score (nSPS) is 10.3. The van der Waals surface area contributed by atoms with Crippen molar-refractivity contribution in [3.05, 3.63) is 40.2 Å². The van der Waals surface area contributed by atoms with Crippen LogP contribution in [-0.2, 0) is 6.54 Å². The first-order valence-corrected chi connectivity index (χ1v) is 5.06. The second kappa shape index (κ2) is 4.70. The van der Waals surface area contributed by atoms with Gasteiger partial charge in [-0.2, -0.15) is 5.10 Å². The fraction of sp³-hybridized carbons (Fsp3) is 0.200. The van der Waals surface area contributed by atoms with Gasteiger partial charge in [0.2, 0.25) is 11.7 Å². The summed E-state index contributed by atoms with van der Waals surface area (Å²) >= 11 is 0. The van der Waals surface area contributed by atoms with Crippen LogP contribution in [0.4, 0.5) is 11.5 Å². The summed E-state index contributed by atoms with van der Waals surface area (Å²) in [5.41, 5.74) is 6.24. The quantitative estimate of drug-likeness (QED) is 0.634. The maximum Gasteiger partial charge on any atom is 0.330 e. The third kappa shape index (κ3) is 2.21. The number of nitrogens with zero attached hydrogens (tertiary/aromatic N) is 4. The molecule has 8 heteroatoms. The Labute approximate surface area is 102 Å². The Balaban J connectivity index is 2.20. The molecule has 0 aromatic carbocycles. The number of anilines is 1. The Morgan fingerprint density at radius 2 is 2.28 bits per heavy atom. The van der Waals surface area contributed by atoms with Gasteiger partial charge in [-0.25, -0.2) is 9.67 Å². The molecule has 0 radical (unpaired) electrons. The molecule has 2 aromatic rings. The number of methoxy groups -OCH3 is 1. The summed E-state index contributed by atoms with van der Waals surface area (Å²) in [5.74, 6) is 0.522. The fourth-order valence-corrected chi connectivity index (χ4v) is 1.45. The predicted molar refractivity (Wildman–Crippen MR) is 63.2 cm³/mol. The van der Waals surface area contributed by atoms with E-state index in [0.717, 1.165) is 11.8 Å². The Hall–Kier alpha value is -2.64. The molecule has 2 aromatic heterocycles. The van der Waals surface area contributed by atoms with E-state index < -0.39 is 4.92 Å². The van der Waals surface area contributed by atoms with Crippen LogP contribution >= 0.6 is 0 Å². The second-order valence-corrected chi connectivity index (χ2v) is 3.54. The summed E-state index contributed by atoms with van der Waals surface area (Å²) in [6.07, 6.45) is 2.73. The van der Waals surface area contributed by atoms with Crippen LogP contribution in [-0.4, -0.2) is 26.8 Å². The first-order chi connectivity index (χ1) is 8.61. The van der Waals surface area contributed by atoms with Gasteiger partial charge in [-0.3, -0.25) is 10.1 Å². The van der Waals surface area contributed by atoms with Crippen LogP contribution in [0.5, 0.6) is 5.88 Å². The summed E-state index contributed by atoms with van der Waals surface area (Å²) in [6.45, 7) is 0.316. The van der Waals surface area contributed by atoms with Gasteiger partial charge >= 0.3 is 5.69 Å². The van der Waals surface area contributed by atoms with Crippen molar-refractivity contribution in [2.75, 3.05) is 12.8 Å². The molecule has 0 unspecified atom stereocenters. The molecule has 0 amide bonds. The van der Waals surface area contributed by atoms with E-state index in [1.807, 2.05) is 0 Å². The van der Waals surface area contributed by atoms with Gasteiger partial charge in [0.1, 0.15) is 6.20 Å². The third-order valence-electron chi connectivity index (χ3n) is 2.40. The van der Waals surface area contributed by atoms with Gasteiger partial charge < -0.3 is 10.5 Å². The van der Waals surface area contributed by atoms with E-state index in [1.54, 1.807) is 18.3 Å². The molecule has 0 aliphatic carbocycles. The number of pyridine rings is 1. The highest BCUT2D eigenvalue weighted by atomic mass is 16.6. The SMILES string of the molecule is COc1ccc(Cn2ncc([N+](=O)[O-])c2N)cn1. The minimum absolute atomic E-state index is 0.0239. The molecular weight excluding hydrogens is 238 g/mol. The second-order valence-electron chi connectivity index (χ2n) is 3.54. The lowest BCUT2D eigenvalue weighted by Crippen LogP contribution is -2.07. The van der Waals surface area contributed by atoms with Crippen LogP contribution in [0.3, 0.4) is 0 Å². The van der Waals surface area contributed by atoms with E-state index in [9.17, 15) is 10.1 Å². The van der Waals surface area contributed by atoms with Crippen molar-refractivity contribution in [3.8, 4) is 5.88 Å².